The Morgan fingerprint density at radius 1 is 1.13 bits per heavy atom. The molecule has 0 aromatic carbocycles. The Labute approximate surface area is 182 Å². The molecule has 4 heterocycles. The first-order valence-electron chi connectivity index (χ1n) is 11.7. The summed E-state index contributed by atoms with van der Waals surface area (Å²) in [5.41, 5.74) is 0.693. The lowest BCUT2D eigenvalue weighted by molar-refractivity contribution is -0.142. The van der Waals surface area contributed by atoms with E-state index in [2.05, 4.69) is 10.2 Å². The van der Waals surface area contributed by atoms with E-state index >= 15 is 0 Å². The van der Waals surface area contributed by atoms with Crippen LogP contribution < -0.4 is 10.9 Å². The topological polar surface area (TPSA) is 94.9 Å². The molecule has 2 N–H and O–H groups in total. The number of piperidine rings is 1. The molecule has 0 unspecified atom stereocenters. The number of aliphatic hydroxyl groups is 1. The van der Waals surface area contributed by atoms with E-state index in [1.165, 1.54) is 25.3 Å². The molecule has 4 aliphatic rings. The Balaban J connectivity index is 1.38. The van der Waals surface area contributed by atoms with Gasteiger partial charge in [0, 0.05) is 55.8 Å². The van der Waals surface area contributed by atoms with E-state index in [0.29, 0.717) is 13.1 Å². The van der Waals surface area contributed by atoms with Crippen LogP contribution in [0.4, 0.5) is 0 Å². The van der Waals surface area contributed by atoms with Crippen molar-refractivity contribution in [3.63, 3.8) is 0 Å². The SMILES string of the molecule is O=C(NCCN1CCCCC1)[C@@H]1[C@@H](CO)[C@@H]2Cn3c(cccc3=O)[C@@H]2N1C(=O)C1CC1. The average Bonchev–Trinajstić information content (AvgIpc) is 3.48. The second-order valence-corrected chi connectivity index (χ2v) is 9.51. The van der Waals surface area contributed by atoms with E-state index in [1.807, 2.05) is 6.07 Å². The number of aliphatic hydroxyl groups excluding tert-OH is 1. The summed E-state index contributed by atoms with van der Waals surface area (Å²) in [5, 5.41) is 13.3. The van der Waals surface area contributed by atoms with Crippen LogP contribution in [0.25, 0.3) is 0 Å². The van der Waals surface area contributed by atoms with Crippen LogP contribution in [0.15, 0.2) is 23.0 Å². The number of rotatable bonds is 6. The summed E-state index contributed by atoms with van der Waals surface area (Å²) in [7, 11) is 0. The highest BCUT2D eigenvalue weighted by Gasteiger charge is 2.58. The number of hydrogen-bond donors (Lipinski definition) is 2. The van der Waals surface area contributed by atoms with Gasteiger partial charge in [0.2, 0.25) is 11.8 Å². The van der Waals surface area contributed by atoms with Crippen molar-refractivity contribution in [2.75, 3.05) is 32.8 Å². The average molecular weight is 429 g/mol. The largest absolute Gasteiger partial charge is 0.396 e. The van der Waals surface area contributed by atoms with Crippen LogP contribution in [-0.2, 0) is 16.1 Å². The quantitative estimate of drug-likeness (QED) is 0.682. The van der Waals surface area contributed by atoms with Crippen molar-refractivity contribution in [2.24, 2.45) is 17.8 Å². The summed E-state index contributed by atoms with van der Waals surface area (Å²) in [6.45, 7) is 3.76. The fourth-order valence-electron chi connectivity index (χ4n) is 5.85. The van der Waals surface area contributed by atoms with Gasteiger partial charge in [-0.1, -0.05) is 12.5 Å². The maximum absolute atomic E-state index is 13.3. The molecule has 0 bridgehead atoms. The van der Waals surface area contributed by atoms with Crippen LogP contribution in [0, 0.1) is 17.8 Å². The molecule has 8 heteroatoms. The van der Waals surface area contributed by atoms with Gasteiger partial charge < -0.3 is 24.8 Å². The Hall–Kier alpha value is -2.19. The molecular weight excluding hydrogens is 396 g/mol. The molecule has 1 aromatic heterocycles. The van der Waals surface area contributed by atoms with Crippen LogP contribution >= 0.6 is 0 Å². The number of carbonyl (C=O) groups is 2. The van der Waals surface area contributed by atoms with Gasteiger partial charge in [-0.05, 0) is 44.8 Å². The van der Waals surface area contributed by atoms with Crippen LogP contribution in [-0.4, -0.2) is 70.1 Å². The van der Waals surface area contributed by atoms with Gasteiger partial charge in [0.15, 0.2) is 0 Å². The third kappa shape index (κ3) is 3.69. The zero-order chi connectivity index (χ0) is 21.5. The number of pyridine rings is 1. The summed E-state index contributed by atoms with van der Waals surface area (Å²) in [4.78, 5) is 43.1. The van der Waals surface area contributed by atoms with Gasteiger partial charge in [-0.15, -0.1) is 0 Å². The Morgan fingerprint density at radius 2 is 1.90 bits per heavy atom. The van der Waals surface area contributed by atoms with Gasteiger partial charge in [-0.2, -0.15) is 0 Å². The van der Waals surface area contributed by atoms with Gasteiger partial charge in [0.1, 0.15) is 6.04 Å². The van der Waals surface area contributed by atoms with E-state index in [-0.39, 0.29) is 47.8 Å². The van der Waals surface area contributed by atoms with Crippen LogP contribution in [0.1, 0.15) is 43.8 Å². The van der Waals surface area contributed by atoms with Gasteiger partial charge in [-0.25, -0.2) is 0 Å². The smallest absolute Gasteiger partial charge is 0.250 e. The molecule has 31 heavy (non-hydrogen) atoms. The van der Waals surface area contributed by atoms with E-state index in [0.717, 1.165) is 38.2 Å². The Bertz CT molecular complexity index is 905. The first-order valence-corrected chi connectivity index (χ1v) is 11.7. The zero-order valence-corrected chi connectivity index (χ0v) is 17.9. The number of nitrogens with zero attached hydrogens (tertiary/aromatic N) is 3. The molecule has 0 radical (unpaired) electrons. The highest BCUT2D eigenvalue weighted by atomic mass is 16.3. The maximum atomic E-state index is 13.3. The lowest BCUT2D eigenvalue weighted by Gasteiger charge is -2.31. The van der Waals surface area contributed by atoms with Gasteiger partial charge >= 0.3 is 0 Å². The number of nitrogens with one attached hydrogen (secondary N) is 1. The van der Waals surface area contributed by atoms with Crippen molar-refractivity contribution in [3.05, 3.63) is 34.2 Å². The molecule has 4 atom stereocenters. The highest BCUT2D eigenvalue weighted by molar-refractivity contribution is 5.91. The lowest BCUT2D eigenvalue weighted by Crippen LogP contribution is -2.52. The van der Waals surface area contributed by atoms with E-state index in [4.69, 9.17) is 0 Å². The van der Waals surface area contributed by atoms with Gasteiger partial charge in [0.05, 0.1) is 6.04 Å². The number of fused-ring (bicyclic) bond motifs is 3. The van der Waals surface area contributed by atoms with Crippen molar-refractivity contribution in [2.45, 2.75) is 50.7 Å². The summed E-state index contributed by atoms with van der Waals surface area (Å²) in [5.74, 6) is -0.718. The molecular formula is C23H32N4O4. The van der Waals surface area contributed by atoms with Crippen LogP contribution in [0.5, 0.6) is 0 Å². The molecule has 1 aromatic rings. The molecule has 1 aliphatic carbocycles. The minimum absolute atomic E-state index is 0.00752. The highest BCUT2D eigenvalue weighted by Crippen LogP contribution is 2.51. The normalized spacial score (nSPS) is 30.2. The third-order valence-electron chi connectivity index (χ3n) is 7.58. The molecule has 8 nitrogen and oxygen atoms in total. The summed E-state index contributed by atoms with van der Waals surface area (Å²) in [6.07, 6.45) is 5.38. The number of carbonyl (C=O) groups excluding carboxylic acids is 2. The molecule has 0 spiro atoms. The summed E-state index contributed by atoms with van der Waals surface area (Å²) >= 11 is 0. The number of aromatic nitrogens is 1. The molecule has 5 rings (SSSR count). The minimum atomic E-state index is -0.682. The van der Waals surface area contributed by atoms with Gasteiger partial charge in [0.25, 0.3) is 5.56 Å². The second kappa shape index (κ2) is 8.39. The first kappa shape index (κ1) is 20.7. The number of likely N-dealkylation sites (tertiary alicyclic amines) is 2. The van der Waals surface area contributed by atoms with E-state index in [1.54, 1.807) is 15.5 Å². The van der Waals surface area contributed by atoms with Crippen LogP contribution in [0.2, 0.25) is 0 Å². The first-order chi connectivity index (χ1) is 15.1. The van der Waals surface area contributed by atoms with Crippen molar-refractivity contribution in [1.82, 2.24) is 19.7 Å². The second-order valence-electron chi connectivity index (χ2n) is 9.51. The summed E-state index contributed by atoms with van der Waals surface area (Å²) in [6, 6.07) is 4.12. The van der Waals surface area contributed by atoms with Crippen molar-refractivity contribution >= 4 is 11.8 Å². The molecule has 1 saturated carbocycles. The number of hydrogen-bond acceptors (Lipinski definition) is 5. The molecule has 3 aliphatic heterocycles. The monoisotopic (exact) mass is 428 g/mol. The molecule has 2 saturated heterocycles. The lowest BCUT2D eigenvalue weighted by atomic mass is 9.88. The van der Waals surface area contributed by atoms with Crippen molar-refractivity contribution < 1.29 is 14.7 Å². The van der Waals surface area contributed by atoms with Crippen molar-refractivity contribution in [1.29, 1.82) is 0 Å². The zero-order valence-electron chi connectivity index (χ0n) is 17.9. The van der Waals surface area contributed by atoms with E-state index < -0.39 is 6.04 Å². The molecule has 3 fully saturated rings. The molecule has 2 amide bonds. The minimum Gasteiger partial charge on any atom is -0.396 e. The standard InChI is InChI=1S/C23H32N4O4/c28-14-17-16-13-26-18(5-4-6-19(26)29)20(16)27(23(31)15-7-8-15)21(17)22(30)24-9-12-25-10-2-1-3-11-25/h4-6,15-17,20-21,28H,1-3,7-14H2,(H,24,30)/t16-,17-,20+,21-/m0/s1. The van der Waals surface area contributed by atoms with Crippen LogP contribution in [0.3, 0.4) is 0 Å². The maximum Gasteiger partial charge on any atom is 0.250 e. The fourth-order valence-corrected chi connectivity index (χ4v) is 5.85. The molecule has 168 valence electrons. The van der Waals surface area contributed by atoms with Crippen molar-refractivity contribution in [3.8, 4) is 0 Å². The predicted octanol–water partition coefficient (Wildman–Crippen LogP) is 0.351. The van der Waals surface area contributed by atoms with E-state index in [9.17, 15) is 19.5 Å². The Kier molecular flexibility index (Phi) is 5.60. The number of amides is 2. The fraction of sp³-hybridized carbons (Fsp3) is 0.696. The summed E-state index contributed by atoms with van der Waals surface area (Å²) < 4.78 is 1.70. The van der Waals surface area contributed by atoms with Gasteiger partial charge in [-0.3, -0.25) is 14.4 Å². The predicted molar refractivity (Wildman–Crippen MR) is 114 cm³/mol. The Morgan fingerprint density at radius 3 is 2.61 bits per heavy atom. The third-order valence-corrected chi connectivity index (χ3v) is 7.58.